The topological polar surface area (TPSA) is 107 Å². The molecule has 1 aromatic rings. The van der Waals surface area contributed by atoms with Crippen molar-refractivity contribution in [1.29, 1.82) is 0 Å². The molecule has 0 atom stereocenters. The Bertz CT molecular complexity index is 641. The van der Waals surface area contributed by atoms with E-state index in [0.29, 0.717) is 19.0 Å². The largest absolute Gasteiger partial charge is 0.393 e. The van der Waals surface area contributed by atoms with Gasteiger partial charge in [0.2, 0.25) is 10.0 Å². The average molecular weight is 313 g/mol. The zero-order chi connectivity index (χ0) is 15.6. The first-order valence-corrected chi connectivity index (χ1v) is 8.34. The van der Waals surface area contributed by atoms with Gasteiger partial charge in [-0.25, -0.2) is 8.42 Å². The van der Waals surface area contributed by atoms with Crippen LogP contribution in [0.15, 0.2) is 23.1 Å². The number of nitro benzene ring substituents is 1. The first-order chi connectivity index (χ1) is 9.86. The second-order valence-corrected chi connectivity index (χ2v) is 7.17. The lowest BCUT2D eigenvalue weighted by Gasteiger charge is -2.31. The Morgan fingerprint density at radius 3 is 2.52 bits per heavy atom. The molecule has 1 aromatic carbocycles. The Labute approximate surface area is 123 Å². The van der Waals surface area contributed by atoms with E-state index < -0.39 is 14.9 Å². The Hall–Kier alpha value is -1.67. The number of nitrogens with two attached hydrogens (primary N) is 1. The maximum absolute atomic E-state index is 12.6. The Morgan fingerprint density at radius 2 is 2.10 bits per heavy atom. The summed E-state index contributed by atoms with van der Waals surface area (Å²) in [5.74, 6) is 0.412. The number of nitrogen functional groups attached to an aromatic ring is 1. The molecule has 2 rings (SSSR count). The first kappa shape index (κ1) is 15.7. The summed E-state index contributed by atoms with van der Waals surface area (Å²) in [4.78, 5) is 10.1. The summed E-state index contributed by atoms with van der Waals surface area (Å²) in [7, 11) is -3.66. The SMILES string of the molecule is CCN(CC1CCC1)S(=O)(=O)c1ccc([N+](=O)[O-])c(N)c1. The summed E-state index contributed by atoms with van der Waals surface area (Å²) in [6.07, 6.45) is 3.25. The van der Waals surface area contributed by atoms with Crippen LogP contribution in [0.1, 0.15) is 26.2 Å². The minimum Gasteiger partial charge on any atom is -0.393 e. The molecule has 0 aromatic heterocycles. The lowest BCUT2D eigenvalue weighted by atomic mass is 9.85. The molecule has 0 spiro atoms. The number of nitro groups is 1. The summed E-state index contributed by atoms with van der Waals surface area (Å²) in [6.45, 7) is 2.65. The second-order valence-electron chi connectivity index (χ2n) is 5.23. The van der Waals surface area contributed by atoms with Crippen molar-refractivity contribution < 1.29 is 13.3 Å². The Morgan fingerprint density at radius 1 is 1.43 bits per heavy atom. The number of hydrogen-bond donors (Lipinski definition) is 1. The van der Waals surface area contributed by atoms with Gasteiger partial charge in [-0.3, -0.25) is 10.1 Å². The molecule has 2 N–H and O–H groups in total. The fourth-order valence-electron chi connectivity index (χ4n) is 2.37. The maximum Gasteiger partial charge on any atom is 0.292 e. The van der Waals surface area contributed by atoms with Crippen molar-refractivity contribution in [3.63, 3.8) is 0 Å². The molecule has 0 heterocycles. The van der Waals surface area contributed by atoms with Gasteiger partial charge in [-0.2, -0.15) is 4.31 Å². The maximum atomic E-state index is 12.6. The average Bonchev–Trinajstić information content (AvgIpc) is 2.36. The van der Waals surface area contributed by atoms with Gasteiger partial charge in [-0.15, -0.1) is 0 Å². The van der Waals surface area contributed by atoms with Crippen LogP contribution in [0.25, 0.3) is 0 Å². The number of rotatable bonds is 6. The van der Waals surface area contributed by atoms with E-state index in [1.807, 2.05) is 0 Å². The second kappa shape index (κ2) is 5.98. The third-order valence-electron chi connectivity index (χ3n) is 3.87. The van der Waals surface area contributed by atoms with Crippen LogP contribution in [0.3, 0.4) is 0 Å². The van der Waals surface area contributed by atoms with Gasteiger partial charge in [0.15, 0.2) is 0 Å². The van der Waals surface area contributed by atoms with Gasteiger partial charge < -0.3 is 5.73 Å². The molecule has 21 heavy (non-hydrogen) atoms. The van der Waals surface area contributed by atoms with Gasteiger partial charge in [-0.1, -0.05) is 13.3 Å². The van der Waals surface area contributed by atoms with Gasteiger partial charge in [0.1, 0.15) is 5.69 Å². The summed E-state index contributed by atoms with van der Waals surface area (Å²) in [6, 6.07) is 3.55. The fourth-order valence-corrected chi connectivity index (χ4v) is 3.93. The number of anilines is 1. The minimum atomic E-state index is -3.66. The van der Waals surface area contributed by atoms with Gasteiger partial charge in [0, 0.05) is 19.2 Å². The van der Waals surface area contributed by atoms with Crippen LogP contribution >= 0.6 is 0 Å². The highest BCUT2D eigenvalue weighted by atomic mass is 32.2. The summed E-state index contributed by atoms with van der Waals surface area (Å²) >= 11 is 0. The molecule has 1 fully saturated rings. The number of nitrogens with zero attached hydrogens (tertiary/aromatic N) is 2. The molecule has 8 heteroatoms. The van der Waals surface area contributed by atoms with Crippen molar-refractivity contribution in [2.24, 2.45) is 5.92 Å². The van der Waals surface area contributed by atoms with Crippen molar-refractivity contribution in [1.82, 2.24) is 4.31 Å². The number of benzene rings is 1. The van der Waals surface area contributed by atoms with Crippen molar-refractivity contribution in [3.8, 4) is 0 Å². The van der Waals surface area contributed by atoms with E-state index in [1.54, 1.807) is 6.92 Å². The highest BCUT2D eigenvalue weighted by Gasteiger charge is 2.29. The molecule has 1 saturated carbocycles. The zero-order valence-corrected chi connectivity index (χ0v) is 12.7. The molecule has 116 valence electrons. The smallest absolute Gasteiger partial charge is 0.292 e. The normalized spacial score (nSPS) is 15.9. The van der Waals surface area contributed by atoms with E-state index in [2.05, 4.69) is 0 Å². The molecule has 0 unspecified atom stereocenters. The molecule has 1 aliphatic carbocycles. The van der Waals surface area contributed by atoms with Gasteiger partial charge in [-0.05, 0) is 30.9 Å². The summed E-state index contributed by atoms with van der Waals surface area (Å²) in [5.41, 5.74) is 5.15. The molecule has 0 saturated heterocycles. The van der Waals surface area contributed by atoms with E-state index in [9.17, 15) is 18.5 Å². The standard InChI is InChI=1S/C13H19N3O4S/c1-2-15(9-10-4-3-5-10)21(19,20)11-6-7-13(16(17)18)12(14)8-11/h6-8,10H,2-5,9,14H2,1H3. The third kappa shape index (κ3) is 3.16. The molecule has 0 aliphatic heterocycles. The van der Waals surface area contributed by atoms with Crippen molar-refractivity contribution in [3.05, 3.63) is 28.3 Å². The number of hydrogen-bond acceptors (Lipinski definition) is 5. The summed E-state index contributed by atoms with van der Waals surface area (Å²) < 4.78 is 26.6. The van der Waals surface area contributed by atoms with E-state index in [4.69, 9.17) is 5.73 Å². The highest BCUT2D eigenvalue weighted by Crippen LogP contribution is 2.30. The molecular weight excluding hydrogens is 294 g/mol. The molecule has 7 nitrogen and oxygen atoms in total. The first-order valence-electron chi connectivity index (χ1n) is 6.90. The van der Waals surface area contributed by atoms with Crippen LogP contribution in [0.2, 0.25) is 0 Å². The fraction of sp³-hybridized carbons (Fsp3) is 0.538. The molecule has 0 radical (unpaired) electrons. The zero-order valence-electron chi connectivity index (χ0n) is 11.9. The van der Waals surface area contributed by atoms with Crippen LogP contribution in [0.4, 0.5) is 11.4 Å². The lowest BCUT2D eigenvalue weighted by molar-refractivity contribution is -0.383. The van der Waals surface area contributed by atoms with Crippen LogP contribution in [0.5, 0.6) is 0 Å². The van der Waals surface area contributed by atoms with Crippen molar-refractivity contribution >= 4 is 21.4 Å². The highest BCUT2D eigenvalue weighted by molar-refractivity contribution is 7.89. The molecule has 0 amide bonds. The van der Waals surface area contributed by atoms with Crippen LogP contribution in [-0.2, 0) is 10.0 Å². The molecule has 0 bridgehead atoms. The monoisotopic (exact) mass is 313 g/mol. The molecular formula is C13H19N3O4S. The Balaban J connectivity index is 2.28. The van der Waals surface area contributed by atoms with Gasteiger partial charge in [0.05, 0.1) is 9.82 Å². The quantitative estimate of drug-likeness (QED) is 0.491. The van der Waals surface area contributed by atoms with E-state index in [1.165, 1.54) is 10.4 Å². The van der Waals surface area contributed by atoms with E-state index in [0.717, 1.165) is 31.4 Å². The van der Waals surface area contributed by atoms with Gasteiger partial charge in [0.25, 0.3) is 5.69 Å². The van der Waals surface area contributed by atoms with Crippen LogP contribution in [0, 0.1) is 16.0 Å². The number of sulfonamides is 1. The predicted molar refractivity (Wildman–Crippen MR) is 79.3 cm³/mol. The third-order valence-corrected chi connectivity index (χ3v) is 5.81. The van der Waals surface area contributed by atoms with Crippen LogP contribution < -0.4 is 5.73 Å². The van der Waals surface area contributed by atoms with E-state index >= 15 is 0 Å². The van der Waals surface area contributed by atoms with Crippen LogP contribution in [-0.4, -0.2) is 30.7 Å². The Kier molecular flexibility index (Phi) is 4.48. The minimum absolute atomic E-state index is 0.00627. The summed E-state index contributed by atoms with van der Waals surface area (Å²) in [5, 5.41) is 10.7. The predicted octanol–water partition coefficient (Wildman–Crippen LogP) is 1.99. The van der Waals surface area contributed by atoms with E-state index in [-0.39, 0.29) is 16.3 Å². The van der Waals surface area contributed by atoms with Crippen molar-refractivity contribution in [2.75, 3.05) is 18.8 Å². The lowest BCUT2D eigenvalue weighted by Crippen LogP contribution is -2.37. The van der Waals surface area contributed by atoms with Crippen molar-refractivity contribution in [2.45, 2.75) is 31.1 Å². The molecule has 1 aliphatic rings. The van der Waals surface area contributed by atoms with Gasteiger partial charge >= 0.3 is 0 Å².